The van der Waals surface area contributed by atoms with Gasteiger partial charge in [0.15, 0.2) is 0 Å². The van der Waals surface area contributed by atoms with Crippen LogP contribution in [0.25, 0.3) is 0 Å². The van der Waals surface area contributed by atoms with E-state index in [0.29, 0.717) is 5.92 Å². The summed E-state index contributed by atoms with van der Waals surface area (Å²) in [6.07, 6.45) is 1.23. The third-order valence-corrected chi connectivity index (χ3v) is 3.40. The fraction of sp³-hybridized carbons (Fsp3) is 0.538. The molecular formula is C13H19NO. The molecule has 1 aliphatic rings. The Balaban J connectivity index is 2.27. The van der Waals surface area contributed by atoms with Gasteiger partial charge >= 0.3 is 0 Å². The normalized spacial score (nSPS) is 25.5. The number of ether oxygens (including phenoxy) is 1. The van der Waals surface area contributed by atoms with Crippen LogP contribution in [0, 0.1) is 5.92 Å². The highest BCUT2D eigenvalue weighted by molar-refractivity contribution is 5.37. The standard InChI is InChI=1S/C13H19NO/c1-3-10-8-14-9-12(10)11-6-4-5-7-13(11)15-2/h4-7,10,12,14H,3,8-9H2,1-2H3/t10-,12-/m0/s1. The van der Waals surface area contributed by atoms with Gasteiger partial charge in [-0.3, -0.25) is 0 Å². The van der Waals surface area contributed by atoms with E-state index in [-0.39, 0.29) is 0 Å². The topological polar surface area (TPSA) is 21.3 Å². The minimum atomic E-state index is 0.617. The van der Waals surface area contributed by atoms with E-state index in [0.717, 1.165) is 24.8 Å². The first-order chi connectivity index (χ1) is 7.36. The zero-order valence-electron chi connectivity index (χ0n) is 9.49. The Bertz CT molecular complexity index is 324. The SMILES string of the molecule is CC[C@H]1CNC[C@@H]1c1ccccc1OC. The molecular weight excluding hydrogens is 186 g/mol. The second-order valence-electron chi connectivity index (χ2n) is 4.18. The van der Waals surface area contributed by atoms with Crippen molar-refractivity contribution in [3.05, 3.63) is 29.8 Å². The van der Waals surface area contributed by atoms with Crippen molar-refractivity contribution in [1.82, 2.24) is 5.32 Å². The highest BCUT2D eigenvalue weighted by atomic mass is 16.5. The van der Waals surface area contributed by atoms with Crippen LogP contribution in [0.15, 0.2) is 24.3 Å². The molecule has 15 heavy (non-hydrogen) atoms. The molecule has 0 saturated carbocycles. The third kappa shape index (κ3) is 2.00. The van der Waals surface area contributed by atoms with Gasteiger partial charge in [-0.15, -0.1) is 0 Å². The van der Waals surface area contributed by atoms with Crippen LogP contribution >= 0.6 is 0 Å². The molecule has 82 valence electrons. The quantitative estimate of drug-likeness (QED) is 0.818. The summed E-state index contributed by atoms with van der Waals surface area (Å²) >= 11 is 0. The summed E-state index contributed by atoms with van der Waals surface area (Å²) in [5, 5.41) is 3.47. The number of hydrogen-bond acceptors (Lipinski definition) is 2. The van der Waals surface area contributed by atoms with Crippen molar-refractivity contribution >= 4 is 0 Å². The van der Waals surface area contributed by atoms with Crippen LogP contribution in [-0.2, 0) is 0 Å². The molecule has 0 aliphatic carbocycles. The van der Waals surface area contributed by atoms with E-state index in [1.165, 1.54) is 12.0 Å². The fourth-order valence-electron chi connectivity index (χ4n) is 2.50. The number of para-hydroxylation sites is 1. The highest BCUT2D eigenvalue weighted by Crippen LogP contribution is 2.35. The average molecular weight is 205 g/mol. The largest absolute Gasteiger partial charge is 0.496 e. The summed E-state index contributed by atoms with van der Waals surface area (Å²) in [7, 11) is 1.75. The first-order valence-electron chi connectivity index (χ1n) is 5.70. The number of rotatable bonds is 3. The van der Waals surface area contributed by atoms with Gasteiger partial charge in [0.2, 0.25) is 0 Å². The van der Waals surface area contributed by atoms with Crippen LogP contribution in [0.2, 0.25) is 0 Å². The van der Waals surface area contributed by atoms with Crippen molar-refractivity contribution in [1.29, 1.82) is 0 Å². The van der Waals surface area contributed by atoms with E-state index in [2.05, 4.69) is 30.4 Å². The Hall–Kier alpha value is -1.02. The molecule has 1 saturated heterocycles. The summed E-state index contributed by atoms with van der Waals surface area (Å²) in [6, 6.07) is 8.38. The zero-order chi connectivity index (χ0) is 10.7. The Kier molecular flexibility index (Phi) is 3.27. The monoisotopic (exact) mass is 205 g/mol. The first kappa shape index (κ1) is 10.5. The molecule has 2 heteroatoms. The molecule has 0 bridgehead atoms. The molecule has 1 aromatic carbocycles. The Morgan fingerprint density at radius 1 is 1.33 bits per heavy atom. The third-order valence-electron chi connectivity index (χ3n) is 3.40. The van der Waals surface area contributed by atoms with Crippen molar-refractivity contribution in [2.45, 2.75) is 19.3 Å². The van der Waals surface area contributed by atoms with Crippen molar-refractivity contribution < 1.29 is 4.74 Å². The molecule has 0 unspecified atom stereocenters. The molecule has 2 nitrogen and oxygen atoms in total. The van der Waals surface area contributed by atoms with Gasteiger partial charge in [0.1, 0.15) is 5.75 Å². The molecule has 1 aromatic rings. The van der Waals surface area contributed by atoms with Crippen molar-refractivity contribution in [3.63, 3.8) is 0 Å². The maximum atomic E-state index is 5.42. The van der Waals surface area contributed by atoms with Crippen molar-refractivity contribution in [2.24, 2.45) is 5.92 Å². The summed E-state index contributed by atoms with van der Waals surface area (Å²) in [6.45, 7) is 4.48. The molecule has 1 aliphatic heterocycles. The molecule has 2 rings (SSSR count). The first-order valence-corrected chi connectivity index (χ1v) is 5.70. The van der Waals surface area contributed by atoms with Gasteiger partial charge in [-0.1, -0.05) is 31.5 Å². The van der Waals surface area contributed by atoms with Gasteiger partial charge in [0.25, 0.3) is 0 Å². The molecule has 1 heterocycles. The summed E-state index contributed by atoms with van der Waals surface area (Å²) < 4.78 is 5.42. The van der Waals surface area contributed by atoms with Crippen LogP contribution in [0.4, 0.5) is 0 Å². The Labute approximate surface area is 91.6 Å². The van der Waals surface area contributed by atoms with Gasteiger partial charge in [0.05, 0.1) is 7.11 Å². The molecule has 0 amide bonds. The van der Waals surface area contributed by atoms with Gasteiger partial charge in [-0.25, -0.2) is 0 Å². The smallest absolute Gasteiger partial charge is 0.122 e. The molecule has 1 N–H and O–H groups in total. The summed E-state index contributed by atoms with van der Waals surface area (Å²) in [5.41, 5.74) is 1.36. The lowest BCUT2D eigenvalue weighted by Gasteiger charge is -2.19. The van der Waals surface area contributed by atoms with Gasteiger partial charge < -0.3 is 10.1 Å². The Morgan fingerprint density at radius 3 is 2.87 bits per heavy atom. The van der Waals surface area contributed by atoms with Crippen LogP contribution < -0.4 is 10.1 Å². The van der Waals surface area contributed by atoms with E-state index in [1.54, 1.807) is 7.11 Å². The lowest BCUT2D eigenvalue weighted by molar-refractivity contribution is 0.397. The van der Waals surface area contributed by atoms with Gasteiger partial charge in [-0.2, -0.15) is 0 Å². The minimum absolute atomic E-state index is 0.617. The maximum absolute atomic E-state index is 5.42. The van der Waals surface area contributed by atoms with Crippen molar-refractivity contribution in [3.8, 4) is 5.75 Å². The molecule has 0 radical (unpaired) electrons. The fourth-order valence-corrected chi connectivity index (χ4v) is 2.50. The highest BCUT2D eigenvalue weighted by Gasteiger charge is 2.28. The zero-order valence-corrected chi connectivity index (χ0v) is 9.49. The predicted molar refractivity (Wildman–Crippen MR) is 62.4 cm³/mol. The van der Waals surface area contributed by atoms with E-state index in [9.17, 15) is 0 Å². The summed E-state index contributed by atoms with van der Waals surface area (Å²) in [4.78, 5) is 0. The van der Waals surface area contributed by atoms with Crippen LogP contribution in [0.1, 0.15) is 24.8 Å². The second kappa shape index (κ2) is 4.67. The molecule has 2 atom stereocenters. The van der Waals surface area contributed by atoms with Crippen LogP contribution in [-0.4, -0.2) is 20.2 Å². The predicted octanol–water partition coefficient (Wildman–Crippen LogP) is 2.41. The molecule has 1 fully saturated rings. The number of hydrogen-bond donors (Lipinski definition) is 1. The van der Waals surface area contributed by atoms with E-state index < -0.39 is 0 Å². The van der Waals surface area contributed by atoms with Crippen molar-refractivity contribution in [2.75, 3.05) is 20.2 Å². The number of methoxy groups -OCH3 is 1. The lowest BCUT2D eigenvalue weighted by Crippen LogP contribution is -2.10. The minimum Gasteiger partial charge on any atom is -0.496 e. The van der Waals surface area contributed by atoms with Gasteiger partial charge in [-0.05, 0) is 24.1 Å². The molecule has 0 aromatic heterocycles. The summed E-state index contributed by atoms with van der Waals surface area (Å²) in [5.74, 6) is 2.40. The lowest BCUT2D eigenvalue weighted by atomic mass is 9.87. The number of benzene rings is 1. The maximum Gasteiger partial charge on any atom is 0.122 e. The number of nitrogens with one attached hydrogen (secondary N) is 1. The van der Waals surface area contributed by atoms with Crippen LogP contribution in [0.5, 0.6) is 5.75 Å². The van der Waals surface area contributed by atoms with Crippen LogP contribution in [0.3, 0.4) is 0 Å². The van der Waals surface area contributed by atoms with E-state index in [1.807, 2.05) is 6.07 Å². The van der Waals surface area contributed by atoms with E-state index >= 15 is 0 Å². The average Bonchev–Trinajstić information content (AvgIpc) is 2.76. The second-order valence-corrected chi connectivity index (χ2v) is 4.18. The molecule has 0 spiro atoms. The Morgan fingerprint density at radius 2 is 2.13 bits per heavy atom. The van der Waals surface area contributed by atoms with E-state index in [4.69, 9.17) is 4.74 Å². The van der Waals surface area contributed by atoms with Gasteiger partial charge in [0, 0.05) is 12.5 Å².